The van der Waals surface area contributed by atoms with Crippen LogP contribution in [-0.2, 0) is 6.42 Å². The number of aryl methyl sites for hydroxylation is 1. The second-order valence-electron chi connectivity index (χ2n) is 4.68. The van der Waals surface area contributed by atoms with Crippen LogP contribution in [0.3, 0.4) is 0 Å². The summed E-state index contributed by atoms with van der Waals surface area (Å²) in [6.45, 7) is 5.55. The molecule has 2 heteroatoms. The average Bonchev–Trinajstić information content (AvgIpc) is 2.43. The van der Waals surface area contributed by atoms with Crippen LogP contribution in [-0.4, -0.2) is 10.7 Å². The number of para-hydroxylation sites is 1. The first-order valence-corrected chi connectivity index (χ1v) is 5.16. The van der Waals surface area contributed by atoms with Crippen molar-refractivity contribution >= 4 is 11.0 Å². The van der Waals surface area contributed by atoms with E-state index in [-0.39, 0.29) is 0 Å². The molecule has 0 saturated carbocycles. The average molecular weight is 204 g/mol. The second-order valence-corrected chi connectivity index (χ2v) is 4.68. The second kappa shape index (κ2) is 3.38. The number of furan rings is 1. The van der Waals surface area contributed by atoms with E-state index in [9.17, 15) is 5.11 Å². The van der Waals surface area contributed by atoms with Gasteiger partial charge in [-0.15, -0.1) is 0 Å². The van der Waals surface area contributed by atoms with Gasteiger partial charge in [-0.2, -0.15) is 0 Å². The molecule has 0 fully saturated rings. The number of aliphatic hydroxyl groups is 1. The standard InChI is InChI=1S/C13H16O2/c1-9-7-10-5-4-6-11(12(10)15-9)8-13(2,3)14/h4-7,14H,8H2,1-3H3. The van der Waals surface area contributed by atoms with Crippen molar-refractivity contribution in [3.05, 3.63) is 35.6 Å². The third-order valence-corrected chi connectivity index (χ3v) is 2.37. The van der Waals surface area contributed by atoms with Crippen molar-refractivity contribution in [1.82, 2.24) is 0 Å². The molecular weight excluding hydrogens is 188 g/mol. The maximum Gasteiger partial charge on any atom is 0.137 e. The summed E-state index contributed by atoms with van der Waals surface area (Å²) in [4.78, 5) is 0. The molecule has 0 aliphatic rings. The SMILES string of the molecule is Cc1cc2cccc(CC(C)(C)O)c2o1. The van der Waals surface area contributed by atoms with Gasteiger partial charge in [-0.1, -0.05) is 18.2 Å². The van der Waals surface area contributed by atoms with Gasteiger partial charge < -0.3 is 9.52 Å². The zero-order valence-corrected chi connectivity index (χ0v) is 9.37. The summed E-state index contributed by atoms with van der Waals surface area (Å²) in [6.07, 6.45) is 0.608. The quantitative estimate of drug-likeness (QED) is 0.815. The Kier molecular flexibility index (Phi) is 2.31. The van der Waals surface area contributed by atoms with E-state index in [1.807, 2.05) is 45.0 Å². The molecule has 15 heavy (non-hydrogen) atoms. The van der Waals surface area contributed by atoms with Crippen LogP contribution in [0.4, 0.5) is 0 Å². The molecule has 0 amide bonds. The van der Waals surface area contributed by atoms with E-state index < -0.39 is 5.60 Å². The molecule has 2 nitrogen and oxygen atoms in total. The van der Waals surface area contributed by atoms with E-state index in [2.05, 4.69) is 0 Å². The summed E-state index contributed by atoms with van der Waals surface area (Å²) in [7, 11) is 0. The predicted molar refractivity (Wildman–Crippen MR) is 61.0 cm³/mol. The Morgan fingerprint density at radius 2 is 2.07 bits per heavy atom. The highest BCUT2D eigenvalue weighted by Gasteiger charge is 2.16. The van der Waals surface area contributed by atoms with Gasteiger partial charge in [-0.05, 0) is 32.4 Å². The first-order chi connectivity index (χ1) is 6.96. The van der Waals surface area contributed by atoms with Crippen molar-refractivity contribution in [3.63, 3.8) is 0 Å². The number of rotatable bonds is 2. The highest BCUT2D eigenvalue weighted by Crippen LogP contribution is 2.25. The molecule has 1 aromatic carbocycles. The largest absolute Gasteiger partial charge is 0.461 e. The zero-order valence-electron chi connectivity index (χ0n) is 9.37. The van der Waals surface area contributed by atoms with E-state index in [0.717, 1.165) is 22.3 Å². The van der Waals surface area contributed by atoms with Crippen molar-refractivity contribution in [1.29, 1.82) is 0 Å². The summed E-state index contributed by atoms with van der Waals surface area (Å²) in [6, 6.07) is 8.05. The molecule has 0 aliphatic heterocycles. The molecule has 1 N–H and O–H groups in total. The number of hydrogen-bond acceptors (Lipinski definition) is 2. The molecule has 2 aromatic rings. The summed E-state index contributed by atoms with van der Waals surface area (Å²) >= 11 is 0. The first kappa shape index (κ1) is 10.2. The highest BCUT2D eigenvalue weighted by atomic mass is 16.3. The van der Waals surface area contributed by atoms with E-state index in [4.69, 9.17) is 4.42 Å². The molecule has 0 radical (unpaired) electrons. The molecule has 80 valence electrons. The van der Waals surface area contributed by atoms with Crippen LogP contribution < -0.4 is 0 Å². The van der Waals surface area contributed by atoms with Gasteiger partial charge in [-0.3, -0.25) is 0 Å². The van der Waals surface area contributed by atoms with E-state index >= 15 is 0 Å². The van der Waals surface area contributed by atoms with Crippen LogP contribution in [0.1, 0.15) is 25.2 Å². The fourth-order valence-electron chi connectivity index (χ4n) is 1.86. The van der Waals surface area contributed by atoms with Gasteiger partial charge in [-0.25, -0.2) is 0 Å². The predicted octanol–water partition coefficient (Wildman–Crippen LogP) is 3.05. The van der Waals surface area contributed by atoms with E-state index in [1.165, 1.54) is 0 Å². The van der Waals surface area contributed by atoms with Crippen LogP contribution in [0.5, 0.6) is 0 Å². The Hall–Kier alpha value is -1.28. The first-order valence-electron chi connectivity index (χ1n) is 5.16. The van der Waals surface area contributed by atoms with Gasteiger partial charge >= 0.3 is 0 Å². The maximum atomic E-state index is 9.80. The molecular formula is C13H16O2. The number of benzene rings is 1. The zero-order chi connectivity index (χ0) is 11.1. The Bertz CT molecular complexity index is 475. The topological polar surface area (TPSA) is 33.4 Å². The van der Waals surface area contributed by atoms with Crippen molar-refractivity contribution in [3.8, 4) is 0 Å². The van der Waals surface area contributed by atoms with Gasteiger partial charge in [0.25, 0.3) is 0 Å². The van der Waals surface area contributed by atoms with Gasteiger partial charge in [0.1, 0.15) is 11.3 Å². The number of hydrogen-bond donors (Lipinski definition) is 1. The minimum atomic E-state index is -0.699. The molecule has 1 heterocycles. The lowest BCUT2D eigenvalue weighted by Crippen LogP contribution is -2.21. The van der Waals surface area contributed by atoms with Crippen molar-refractivity contribution in [2.45, 2.75) is 32.8 Å². The van der Waals surface area contributed by atoms with Crippen LogP contribution in [0, 0.1) is 6.92 Å². The molecule has 0 bridgehead atoms. The van der Waals surface area contributed by atoms with Crippen LogP contribution >= 0.6 is 0 Å². The minimum absolute atomic E-state index is 0.608. The molecule has 0 atom stereocenters. The fourth-order valence-corrected chi connectivity index (χ4v) is 1.86. The van der Waals surface area contributed by atoms with Gasteiger partial charge in [0, 0.05) is 11.8 Å². The Morgan fingerprint density at radius 3 is 2.73 bits per heavy atom. The van der Waals surface area contributed by atoms with Crippen LogP contribution in [0.2, 0.25) is 0 Å². The third-order valence-electron chi connectivity index (χ3n) is 2.37. The lowest BCUT2D eigenvalue weighted by Gasteiger charge is -2.16. The summed E-state index contributed by atoms with van der Waals surface area (Å²) in [5, 5.41) is 10.9. The van der Waals surface area contributed by atoms with Crippen molar-refractivity contribution < 1.29 is 9.52 Å². The highest BCUT2D eigenvalue weighted by molar-refractivity contribution is 5.81. The molecule has 1 aromatic heterocycles. The minimum Gasteiger partial charge on any atom is -0.461 e. The molecule has 0 saturated heterocycles. The Labute approximate surface area is 89.5 Å². The fraction of sp³-hybridized carbons (Fsp3) is 0.385. The Balaban J connectivity index is 2.51. The Morgan fingerprint density at radius 1 is 1.33 bits per heavy atom. The van der Waals surface area contributed by atoms with Gasteiger partial charge in [0.05, 0.1) is 5.60 Å². The molecule has 0 unspecified atom stereocenters. The van der Waals surface area contributed by atoms with Crippen molar-refractivity contribution in [2.75, 3.05) is 0 Å². The van der Waals surface area contributed by atoms with Crippen molar-refractivity contribution in [2.24, 2.45) is 0 Å². The lowest BCUT2D eigenvalue weighted by molar-refractivity contribution is 0.0811. The van der Waals surface area contributed by atoms with Gasteiger partial charge in [0.2, 0.25) is 0 Å². The summed E-state index contributed by atoms with van der Waals surface area (Å²) in [5.74, 6) is 0.910. The smallest absolute Gasteiger partial charge is 0.137 e. The lowest BCUT2D eigenvalue weighted by atomic mass is 9.97. The van der Waals surface area contributed by atoms with Crippen LogP contribution in [0.15, 0.2) is 28.7 Å². The van der Waals surface area contributed by atoms with Gasteiger partial charge in [0.15, 0.2) is 0 Å². The third kappa shape index (κ3) is 2.21. The number of fused-ring (bicyclic) bond motifs is 1. The monoisotopic (exact) mass is 204 g/mol. The normalized spacial score (nSPS) is 12.3. The summed E-state index contributed by atoms with van der Waals surface area (Å²) in [5.41, 5.74) is 1.26. The van der Waals surface area contributed by atoms with E-state index in [0.29, 0.717) is 6.42 Å². The molecule has 0 spiro atoms. The maximum absolute atomic E-state index is 9.80. The van der Waals surface area contributed by atoms with Crippen LogP contribution in [0.25, 0.3) is 11.0 Å². The summed E-state index contributed by atoms with van der Waals surface area (Å²) < 4.78 is 5.63. The van der Waals surface area contributed by atoms with E-state index in [1.54, 1.807) is 0 Å². The molecule has 0 aliphatic carbocycles. The molecule has 2 rings (SSSR count).